The standard InChI is InChI=1S/C16H20F3NO2S/c1-4-13-7-8-15(21-3)14(11-13)20(5-2)9-6-10-23-22-12-16(17,18)19/h1,7-8,11H,5-6,9-10,12H2,2-3H3. The van der Waals surface area contributed by atoms with Crippen LogP contribution < -0.4 is 9.64 Å². The summed E-state index contributed by atoms with van der Waals surface area (Å²) >= 11 is 0.835. The molecule has 0 N–H and O–H groups in total. The van der Waals surface area contributed by atoms with Gasteiger partial charge in [0.15, 0.2) is 6.61 Å². The van der Waals surface area contributed by atoms with Crippen molar-refractivity contribution in [2.75, 3.05) is 37.5 Å². The predicted molar refractivity (Wildman–Crippen MR) is 87.9 cm³/mol. The molecule has 0 aliphatic carbocycles. The van der Waals surface area contributed by atoms with Gasteiger partial charge >= 0.3 is 6.18 Å². The van der Waals surface area contributed by atoms with Crippen molar-refractivity contribution < 1.29 is 22.1 Å². The predicted octanol–water partition coefficient (Wildman–Crippen LogP) is 4.12. The highest BCUT2D eigenvalue weighted by Crippen LogP contribution is 2.29. The third-order valence-corrected chi connectivity index (χ3v) is 3.77. The third kappa shape index (κ3) is 7.06. The van der Waals surface area contributed by atoms with Crippen molar-refractivity contribution in [1.29, 1.82) is 0 Å². The summed E-state index contributed by atoms with van der Waals surface area (Å²) in [6.45, 7) is 2.17. The molecule has 0 unspecified atom stereocenters. The largest absolute Gasteiger partial charge is 0.495 e. The lowest BCUT2D eigenvalue weighted by molar-refractivity contribution is -0.150. The van der Waals surface area contributed by atoms with E-state index in [1.54, 1.807) is 13.2 Å². The highest BCUT2D eigenvalue weighted by Gasteiger charge is 2.27. The molecule has 3 nitrogen and oxygen atoms in total. The molecule has 0 aromatic heterocycles. The number of anilines is 1. The van der Waals surface area contributed by atoms with Gasteiger partial charge in [-0.25, -0.2) is 0 Å². The van der Waals surface area contributed by atoms with Crippen LogP contribution in [-0.4, -0.2) is 38.7 Å². The molecule has 1 aromatic carbocycles. The molecule has 0 radical (unpaired) electrons. The average molecular weight is 347 g/mol. The van der Waals surface area contributed by atoms with Gasteiger partial charge in [0.1, 0.15) is 5.75 Å². The van der Waals surface area contributed by atoms with Crippen LogP contribution >= 0.6 is 12.0 Å². The second-order valence-corrected chi connectivity index (χ2v) is 5.54. The van der Waals surface area contributed by atoms with Crippen LogP contribution in [0.5, 0.6) is 5.75 Å². The van der Waals surface area contributed by atoms with Crippen molar-refractivity contribution in [2.24, 2.45) is 0 Å². The van der Waals surface area contributed by atoms with Gasteiger partial charge in [-0.15, -0.1) is 6.42 Å². The van der Waals surface area contributed by atoms with E-state index in [0.29, 0.717) is 24.5 Å². The smallest absolute Gasteiger partial charge is 0.413 e. The second kappa shape index (κ2) is 9.58. The highest BCUT2D eigenvalue weighted by atomic mass is 32.2. The first kappa shape index (κ1) is 19.5. The van der Waals surface area contributed by atoms with Crippen molar-refractivity contribution in [3.05, 3.63) is 23.8 Å². The van der Waals surface area contributed by atoms with Crippen LogP contribution in [0.1, 0.15) is 18.9 Å². The number of rotatable bonds is 9. The number of hydrogen-bond donors (Lipinski definition) is 0. The van der Waals surface area contributed by atoms with Gasteiger partial charge in [0.05, 0.1) is 12.8 Å². The van der Waals surface area contributed by atoms with Gasteiger partial charge in [-0.3, -0.25) is 0 Å². The van der Waals surface area contributed by atoms with Gasteiger partial charge in [0, 0.05) is 24.4 Å². The number of alkyl halides is 3. The Morgan fingerprint density at radius 2 is 2.09 bits per heavy atom. The maximum Gasteiger partial charge on any atom is 0.413 e. The van der Waals surface area contributed by atoms with E-state index in [4.69, 9.17) is 11.2 Å². The molecule has 0 heterocycles. The summed E-state index contributed by atoms with van der Waals surface area (Å²) < 4.78 is 45.7. The molecule has 0 atom stereocenters. The lowest BCUT2D eigenvalue weighted by Gasteiger charge is -2.25. The minimum atomic E-state index is -4.29. The molecule has 1 aromatic rings. The number of nitrogens with zero attached hydrogens (tertiary/aromatic N) is 1. The van der Waals surface area contributed by atoms with E-state index >= 15 is 0 Å². The van der Waals surface area contributed by atoms with Crippen LogP contribution in [0.4, 0.5) is 18.9 Å². The van der Waals surface area contributed by atoms with E-state index in [9.17, 15) is 13.2 Å². The summed E-state index contributed by atoms with van der Waals surface area (Å²) in [5.74, 6) is 3.77. The molecule has 0 aliphatic rings. The summed E-state index contributed by atoms with van der Waals surface area (Å²) in [4.78, 5) is 2.07. The third-order valence-electron chi connectivity index (χ3n) is 3.03. The van der Waals surface area contributed by atoms with Crippen LogP contribution in [0.2, 0.25) is 0 Å². The monoisotopic (exact) mass is 347 g/mol. The molecule has 128 valence electrons. The maximum atomic E-state index is 11.9. The van der Waals surface area contributed by atoms with Crippen LogP contribution in [0, 0.1) is 12.3 Å². The van der Waals surface area contributed by atoms with E-state index in [1.165, 1.54) is 0 Å². The highest BCUT2D eigenvalue weighted by molar-refractivity contribution is 7.94. The molecule has 0 fully saturated rings. The first-order chi connectivity index (χ1) is 10.9. The average Bonchev–Trinajstić information content (AvgIpc) is 2.52. The van der Waals surface area contributed by atoms with Crippen LogP contribution in [0.3, 0.4) is 0 Å². The zero-order valence-corrected chi connectivity index (χ0v) is 14.0. The zero-order chi connectivity index (χ0) is 17.3. The van der Waals surface area contributed by atoms with Crippen LogP contribution in [0.15, 0.2) is 18.2 Å². The lowest BCUT2D eigenvalue weighted by Crippen LogP contribution is -2.25. The van der Waals surface area contributed by atoms with Gasteiger partial charge < -0.3 is 13.8 Å². The molecule has 0 saturated carbocycles. The van der Waals surface area contributed by atoms with Gasteiger partial charge in [-0.2, -0.15) is 13.2 Å². The number of ether oxygens (including phenoxy) is 1. The fraction of sp³-hybridized carbons (Fsp3) is 0.500. The van der Waals surface area contributed by atoms with Crippen molar-refractivity contribution in [1.82, 2.24) is 0 Å². The Bertz CT molecular complexity index is 529. The molecular formula is C16H20F3NO2S. The SMILES string of the molecule is C#Cc1ccc(OC)c(N(CC)CCCSOCC(F)(F)F)c1. The zero-order valence-electron chi connectivity index (χ0n) is 13.2. The number of halogens is 3. The van der Waals surface area contributed by atoms with Gasteiger partial charge in [-0.05, 0) is 43.6 Å². The Morgan fingerprint density at radius 3 is 2.65 bits per heavy atom. The van der Waals surface area contributed by atoms with Crippen molar-refractivity contribution in [3.8, 4) is 18.1 Å². The minimum absolute atomic E-state index is 0.476. The van der Waals surface area contributed by atoms with Gasteiger partial charge in [0.2, 0.25) is 0 Å². The first-order valence-electron chi connectivity index (χ1n) is 7.12. The van der Waals surface area contributed by atoms with E-state index in [1.807, 2.05) is 19.1 Å². The van der Waals surface area contributed by atoms with Crippen LogP contribution in [0.25, 0.3) is 0 Å². The second-order valence-electron chi connectivity index (χ2n) is 4.66. The quantitative estimate of drug-likeness (QED) is 0.380. The maximum absolute atomic E-state index is 11.9. The number of methoxy groups -OCH3 is 1. The Morgan fingerprint density at radius 1 is 1.35 bits per heavy atom. The molecule has 0 bridgehead atoms. The Balaban J connectivity index is 2.53. The number of terminal acetylenes is 1. The van der Waals surface area contributed by atoms with E-state index in [-0.39, 0.29) is 0 Å². The lowest BCUT2D eigenvalue weighted by atomic mass is 10.1. The molecule has 0 spiro atoms. The van der Waals surface area contributed by atoms with Crippen molar-refractivity contribution in [2.45, 2.75) is 19.5 Å². The normalized spacial score (nSPS) is 11.1. The summed E-state index contributed by atoms with van der Waals surface area (Å²) in [5, 5.41) is 0. The molecular weight excluding hydrogens is 327 g/mol. The minimum Gasteiger partial charge on any atom is -0.495 e. The molecule has 7 heteroatoms. The van der Waals surface area contributed by atoms with E-state index in [0.717, 1.165) is 29.8 Å². The molecule has 23 heavy (non-hydrogen) atoms. The topological polar surface area (TPSA) is 21.7 Å². The fourth-order valence-electron chi connectivity index (χ4n) is 1.96. The summed E-state index contributed by atoms with van der Waals surface area (Å²) in [7, 11) is 1.59. The Kier molecular flexibility index (Phi) is 8.13. The van der Waals surface area contributed by atoms with E-state index in [2.05, 4.69) is 15.0 Å². The van der Waals surface area contributed by atoms with Gasteiger partial charge in [-0.1, -0.05) is 5.92 Å². The Hall–Kier alpha value is -1.52. The number of benzene rings is 1. The summed E-state index contributed by atoms with van der Waals surface area (Å²) in [5.41, 5.74) is 1.63. The van der Waals surface area contributed by atoms with E-state index < -0.39 is 12.8 Å². The van der Waals surface area contributed by atoms with Crippen molar-refractivity contribution in [3.63, 3.8) is 0 Å². The Labute approximate surface area is 139 Å². The molecule has 0 aliphatic heterocycles. The molecule has 1 rings (SSSR count). The molecule has 0 amide bonds. The first-order valence-corrected chi connectivity index (χ1v) is 8.03. The number of hydrogen-bond acceptors (Lipinski definition) is 4. The summed E-state index contributed by atoms with van der Waals surface area (Å²) in [6, 6.07) is 5.49. The van der Waals surface area contributed by atoms with Crippen LogP contribution in [-0.2, 0) is 4.18 Å². The summed E-state index contributed by atoms with van der Waals surface area (Å²) in [6.07, 6.45) is 1.81. The van der Waals surface area contributed by atoms with Crippen molar-refractivity contribution >= 4 is 17.7 Å². The molecule has 0 saturated heterocycles. The fourth-order valence-corrected chi connectivity index (χ4v) is 2.54. The van der Waals surface area contributed by atoms with Gasteiger partial charge in [0.25, 0.3) is 0 Å².